The van der Waals surface area contributed by atoms with Crippen molar-refractivity contribution in [3.8, 4) is 0 Å². The maximum Gasteiger partial charge on any atom is 0.228 e. The molecule has 0 aromatic heterocycles. The van der Waals surface area contributed by atoms with Gasteiger partial charge in [0, 0.05) is 19.3 Å². The van der Waals surface area contributed by atoms with Gasteiger partial charge in [0.15, 0.2) is 0 Å². The highest BCUT2D eigenvalue weighted by atomic mass is 16.5. The van der Waals surface area contributed by atoms with Crippen LogP contribution in [0.15, 0.2) is 18.2 Å². The van der Waals surface area contributed by atoms with Crippen LogP contribution in [0.1, 0.15) is 57.1 Å². The molecular formula is C20H30N2O3. The van der Waals surface area contributed by atoms with Crippen LogP contribution in [0, 0.1) is 11.8 Å². The normalized spacial score (nSPS) is 19.2. The smallest absolute Gasteiger partial charge is 0.228 e. The Balaban J connectivity index is 2.05. The molecule has 0 aliphatic heterocycles. The predicted molar refractivity (Wildman–Crippen MR) is 99.7 cm³/mol. The largest absolute Gasteiger partial charge is 0.383 e. The Labute approximate surface area is 150 Å². The average molecular weight is 346 g/mol. The number of carbonyl (C=O) groups is 2. The highest BCUT2D eigenvalue weighted by molar-refractivity contribution is 6.00. The molecule has 0 spiro atoms. The van der Waals surface area contributed by atoms with Gasteiger partial charge in [-0.15, -0.1) is 0 Å². The summed E-state index contributed by atoms with van der Waals surface area (Å²) >= 11 is 0. The number of hydrogen-bond acceptors (Lipinski definition) is 3. The van der Waals surface area contributed by atoms with Crippen LogP contribution in [0.5, 0.6) is 0 Å². The van der Waals surface area contributed by atoms with Gasteiger partial charge >= 0.3 is 0 Å². The summed E-state index contributed by atoms with van der Waals surface area (Å²) < 4.78 is 4.92. The second-order valence-electron chi connectivity index (χ2n) is 7.34. The molecule has 2 amide bonds. The van der Waals surface area contributed by atoms with Crippen LogP contribution in [0.25, 0.3) is 0 Å². The van der Waals surface area contributed by atoms with E-state index in [-0.39, 0.29) is 23.7 Å². The van der Waals surface area contributed by atoms with Crippen LogP contribution < -0.4 is 10.6 Å². The molecule has 0 saturated heterocycles. The molecule has 0 bridgehead atoms. The summed E-state index contributed by atoms with van der Waals surface area (Å²) in [6.45, 7) is 9.45. The Hall–Kier alpha value is -1.88. The Bertz CT molecular complexity index is 599. The van der Waals surface area contributed by atoms with Crippen molar-refractivity contribution in [2.75, 3.05) is 25.6 Å². The van der Waals surface area contributed by atoms with Crippen LogP contribution >= 0.6 is 0 Å². The Kier molecular flexibility index (Phi) is 6.59. The highest BCUT2D eigenvalue weighted by Gasteiger charge is 2.48. The molecule has 5 heteroatoms. The minimum atomic E-state index is -0.234. The van der Waals surface area contributed by atoms with Gasteiger partial charge in [0.25, 0.3) is 0 Å². The fourth-order valence-electron chi connectivity index (χ4n) is 3.09. The number of benzene rings is 1. The van der Waals surface area contributed by atoms with E-state index in [4.69, 9.17) is 4.74 Å². The van der Waals surface area contributed by atoms with Gasteiger partial charge in [0.2, 0.25) is 11.8 Å². The van der Waals surface area contributed by atoms with E-state index in [9.17, 15) is 9.59 Å². The molecule has 1 aliphatic rings. The van der Waals surface area contributed by atoms with Gasteiger partial charge in [0.05, 0.1) is 18.4 Å². The van der Waals surface area contributed by atoms with Gasteiger partial charge in [-0.1, -0.05) is 45.9 Å². The summed E-state index contributed by atoms with van der Waals surface area (Å²) in [6.07, 6.45) is 0.617. The predicted octanol–water partition coefficient (Wildman–Crippen LogP) is 3.27. The molecule has 138 valence electrons. The summed E-state index contributed by atoms with van der Waals surface area (Å²) in [5.41, 5.74) is 3.20. The fourth-order valence-corrected chi connectivity index (χ4v) is 3.09. The molecule has 1 fully saturated rings. The first-order valence-electron chi connectivity index (χ1n) is 9.07. The van der Waals surface area contributed by atoms with Gasteiger partial charge in [-0.05, 0) is 29.4 Å². The van der Waals surface area contributed by atoms with E-state index in [1.807, 2.05) is 6.07 Å². The SMILES string of the molecule is COCCNC(=O)C1CC1C(=O)Nc1c(C(C)C)cccc1C(C)C. The number of methoxy groups -OCH3 is 1. The third-order valence-electron chi connectivity index (χ3n) is 4.69. The zero-order chi connectivity index (χ0) is 18.6. The lowest BCUT2D eigenvalue weighted by Crippen LogP contribution is -2.30. The highest BCUT2D eigenvalue weighted by Crippen LogP contribution is 2.41. The maximum absolute atomic E-state index is 12.7. The van der Waals surface area contributed by atoms with Crippen molar-refractivity contribution >= 4 is 17.5 Å². The summed E-state index contributed by atoms with van der Waals surface area (Å²) in [7, 11) is 1.60. The van der Waals surface area contributed by atoms with Crippen LogP contribution in [0.3, 0.4) is 0 Å². The second-order valence-corrected chi connectivity index (χ2v) is 7.34. The van der Waals surface area contributed by atoms with Crippen LogP contribution in [0.4, 0.5) is 5.69 Å². The number of anilines is 1. The molecule has 1 saturated carbocycles. The van der Waals surface area contributed by atoms with Crippen molar-refractivity contribution in [3.05, 3.63) is 29.3 Å². The quantitative estimate of drug-likeness (QED) is 0.710. The summed E-state index contributed by atoms with van der Waals surface area (Å²) in [6, 6.07) is 6.17. The first kappa shape index (κ1) is 19.4. The minimum absolute atomic E-state index is 0.0538. The molecule has 1 aliphatic carbocycles. The molecule has 2 atom stereocenters. The van der Waals surface area contributed by atoms with Crippen LogP contribution in [-0.4, -0.2) is 32.1 Å². The van der Waals surface area contributed by atoms with E-state index in [0.29, 0.717) is 31.4 Å². The molecule has 1 aromatic rings. The molecule has 2 N–H and O–H groups in total. The van der Waals surface area contributed by atoms with E-state index >= 15 is 0 Å². The number of ether oxygens (including phenoxy) is 1. The number of hydrogen-bond donors (Lipinski definition) is 2. The molecule has 0 radical (unpaired) electrons. The lowest BCUT2D eigenvalue weighted by atomic mass is 9.92. The third kappa shape index (κ3) is 4.82. The van der Waals surface area contributed by atoms with E-state index in [0.717, 1.165) is 16.8 Å². The van der Waals surface area contributed by atoms with Crippen molar-refractivity contribution in [1.82, 2.24) is 5.32 Å². The maximum atomic E-state index is 12.7. The summed E-state index contributed by atoms with van der Waals surface area (Å²) in [5, 5.41) is 5.92. The minimum Gasteiger partial charge on any atom is -0.383 e. The molecule has 25 heavy (non-hydrogen) atoms. The number of nitrogens with one attached hydrogen (secondary N) is 2. The molecular weight excluding hydrogens is 316 g/mol. The Morgan fingerprint density at radius 3 is 2.16 bits per heavy atom. The molecule has 5 nitrogen and oxygen atoms in total. The van der Waals surface area contributed by atoms with Crippen molar-refractivity contribution in [2.24, 2.45) is 11.8 Å². The first-order chi connectivity index (χ1) is 11.9. The second kappa shape index (κ2) is 8.48. The van der Waals surface area contributed by atoms with Gasteiger partial charge < -0.3 is 15.4 Å². The van der Waals surface area contributed by atoms with Crippen molar-refractivity contribution in [2.45, 2.75) is 46.0 Å². The molecule has 2 rings (SSSR count). The first-order valence-corrected chi connectivity index (χ1v) is 9.07. The molecule has 0 heterocycles. The van der Waals surface area contributed by atoms with Crippen molar-refractivity contribution in [1.29, 1.82) is 0 Å². The lowest BCUT2D eigenvalue weighted by molar-refractivity contribution is -0.125. The van der Waals surface area contributed by atoms with E-state index in [2.05, 4.69) is 50.5 Å². The number of rotatable bonds is 8. The van der Waals surface area contributed by atoms with Crippen molar-refractivity contribution < 1.29 is 14.3 Å². The monoisotopic (exact) mass is 346 g/mol. The van der Waals surface area contributed by atoms with E-state index < -0.39 is 0 Å². The fraction of sp³-hybridized carbons (Fsp3) is 0.600. The molecule has 2 unspecified atom stereocenters. The van der Waals surface area contributed by atoms with Crippen molar-refractivity contribution in [3.63, 3.8) is 0 Å². The molecule has 1 aromatic carbocycles. The zero-order valence-electron chi connectivity index (χ0n) is 15.9. The van der Waals surface area contributed by atoms with Gasteiger partial charge in [-0.3, -0.25) is 9.59 Å². The van der Waals surface area contributed by atoms with E-state index in [1.165, 1.54) is 0 Å². The number of para-hydroxylation sites is 1. The lowest BCUT2D eigenvalue weighted by Gasteiger charge is -2.20. The number of carbonyl (C=O) groups excluding carboxylic acids is 2. The van der Waals surface area contributed by atoms with E-state index in [1.54, 1.807) is 7.11 Å². The Morgan fingerprint density at radius 1 is 1.08 bits per heavy atom. The van der Waals surface area contributed by atoms with Crippen LogP contribution in [-0.2, 0) is 14.3 Å². The summed E-state index contributed by atoms with van der Waals surface area (Å²) in [5.74, 6) is 0.0800. The van der Waals surface area contributed by atoms with Gasteiger partial charge in [0.1, 0.15) is 0 Å². The third-order valence-corrected chi connectivity index (χ3v) is 4.69. The van der Waals surface area contributed by atoms with Gasteiger partial charge in [-0.2, -0.15) is 0 Å². The summed E-state index contributed by atoms with van der Waals surface area (Å²) in [4.78, 5) is 24.7. The van der Waals surface area contributed by atoms with Gasteiger partial charge in [-0.25, -0.2) is 0 Å². The Morgan fingerprint density at radius 2 is 1.64 bits per heavy atom. The topological polar surface area (TPSA) is 67.4 Å². The van der Waals surface area contributed by atoms with Crippen LogP contribution in [0.2, 0.25) is 0 Å². The average Bonchev–Trinajstić information content (AvgIpc) is 3.35. The zero-order valence-corrected chi connectivity index (χ0v) is 15.9. The number of amides is 2. The standard InChI is InChI=1S/C20H30N2O3/c1-12(2)14-7-6-8-15(13(3)4)18(14)22-20(24)17-11-16(17)19(23)21-9-10-25-5/h6-8,12-13,16-17H,9-11H2,1-5H3,(H,21,23)(H,22,24).